The molecule has 1 saturated heterocycles. The molecule has 0 saturated carbocycles. The van der Waals surface area contributed by atoms with E-state index in [0.29, 0.717) is 0 Å². The Morgan fingerprint density at radius 1 is 1.12 bits per heavy atom. The fraction of sp³-hybridized carbons (Fsp3) is 0.600. The van der Waals surface area contributed by atoms with Gasteiger partial charge in [-0.2, -0.15) is 12.6 Å². The number of rotatable bonds is 1. The van der Waals surface area contributed by atoms with E-state index in [1.54, 1.807) is 0 Å². The Bertz CT molecular complexity index is 416. The van der Waals surface area contributed by atoms with Gasteiger partial charge in [0.1, 0.15) is 0 Å². The number of aryl methyl sites for hydroxylation is 2. The topological polar surface area (TPSA) is 9.23 Å². The Morgan fingerprint density at radius 3 is 1.88 bits per heavy atom. The molecule has 1 aromatic rings. The van der Waals surface area contributed by atoms with E-state index < -0.39 is 0 Å². The molecular weight excluding hydrogens is 228 g/mol. The molecule has 1 nitrogen and oxygen atoms in total. The van der Waals surface area contributed by atoms with Crippen LogP contribution in [0, 0.1) is 13.8 Å². The van der Waals surface area contributed by atoms with Gasteiger partial charge in [0.05, 0.1) is 18.0 Å². The first-order chi connectivity index (χ1) is 7.74. The van der Waals surface area contributed by atoms with Crippen molar-refractivity contribution in [3.63, 3.8) is 0 Å². The zero-order valence-corrected chi connectivity index (χ0v) is 12.3. The minimum absolute atomic E-state index is 0.0649. The molecule has 0 atom stereocenters. The molecule has 1 aliphatic heterocycles. The van der Waals surface area contributed by atoms with Crippen LogP contribution >= 0.6 is 12.6 Å². The number of benzene rings is 1. The van der Waals surface area contributed by atoms with Gasteiger partial charge in [-0.25, -0.2) is 0 Å². The normalized spacial score (nSPS) is 18.9. The van der Waals surface area contributed by atoms with Crippen LogP contribution < -0.4 is 0 Å². The monoisotopic (exact) mass is 250 g/mol. The van der Waals surface area contributed by atoms with Crippen molar-refractivity contribution in [2.24, 2.45) is 0 Å². The van der Waals surface area contributed by atoms with Crippen LogP contribution in [-0.2, 0) is 14.9 Å². The molecule has 0 bridgehead atoms. The smallest absolute Gasteiger partial charge is 0.0849 e. The summed E-state index contributed by atoms with van der Waals surface area (Å²) in [6, 6.07) is 4.61. The summed E-state index contributed by atoms with van der Waals surface area (Å²) in [5.41, 5.74) is 5.64. The van der Waals surface area contributed by atoms with Crippen molar-refractivity contribution in [3.8, 4) is 0 Å². The van der Waals surface area contributed by atoms with Gasteiger partial charge >= 0.3 is 0 Å². The first-order valence-electron chi connectivity index (χ1n) is 6.16. The van der Waals surface area contributed by atoms with Crippen molar-refractivity contribution < 1.29 is 4.74 Å². The summed E-state index contributed by atoms with van der Waals surface area (Å²) in [6.07, 6.45) is 0. The summed E-state index contributed by atoms with van der Waals surface area (Å²) in [5.74, 6) is 0. The Labute approximate surface area is 110 Å². The number of ether oxygens (including phenoxy) is 1. The van der Waals surface area contributed by atoms with Crippen LogP contribution in [0.2, 0.25) is 0 Å². The highest BCUT2D eigenvalue weighted by atomic mass is 32.1. The van der Waals surface area contributed by atoms with Crippen LogP contribution in [0.5, 0.6) is 0 Å². The quantitative estimate of drug-likeness (QED) is 0.747. The molecule has 0 N–H and O–H groups in total. The molecule has 1 heterocycles. The molecule has 0 amide bonds. The molecule has 17 heavy (non-hydrogen) atoms. The van der Waals surface area contributed by atoms with Gasteiger partial charge in [0.25, 0.3) is 0 Å². The van der Waals surface area contributed by atoms with E-state index in [-0.39, 0.29) is 10.2 Å². The zero-order chi connectivity index (χ0) is 12.8. The molecule has 94 valence electrons. The van der Waals surface area contributed by atoms with Gasteiger partial charge in [-0.1, -0.05) is 32.9 Å². The number of hydrogen-bond donors (Lipinski definition) is 1. The summed E-state index contributed by atoms with van der Waals surface area (Å²) in [4.78, 5) is 0. The first kappa shape index (κ1) is 13.0. The molecule has 1 aliphatic rings. The zero-order valence-electron chi connectivity index (χ0n) is 11.4. The molecule has 0 radical (unpaired) electrons. The molecule has 2 rings (SSSR count). The van der Waals surface area contributed by atoms with Crippen molar-refractivity contribution in [2.75, 3.05) is 13.2 Å². The molecule has 2 heteroatoms. The number of hydrogen-bond acceptors (Lipinski definition) is 2. The third kappa shape index (κ3) is 2.25. The second-order valence-electron chi connectivity index (χ2n) is 6.26. The maximum atomic E-state index is 5.32. The van der Waals surface area contributed by atoms with E-state index in [4.69, 9.17) is 17.4 Å². The van der Waals surface area contributed by atoms with E-state index in [0.717, 1.165) is 13.2 Å². The Morgan fingerprint density at radius 2 is 1.59 bits per heavy atom. The summed E-state index contributed by atoms with van der Waals surface area (Å²) >= 11 is 4.78. The van der Waals surface area contributed by atoms with Gasteiger partial charge in [-0.15, -0.1) is 0 Å². The van der Waals surface area contributed by atoms with E-state index in [9.17, 15) is 0 Å². The Balaban J connectivity index is 2.50. The molecule has 0 unspecified atom stereocenters. The van der Waals surface area contributed by atoms with Gasteiger partial charge in [0, 0.05) is 0 Å². The first-order valence-corrected chi connectivity index (χ1v) is 6.61. The van der Waals surface area contributed by atoms with Crippen LogP contribution in [-0.4, -0.2) is 13.2 Å². The summed E-state index contributed by atoms with van der Waals surface area (Å²) in [6.45, 7) is 12.6. The lowest BCUT2D eigenvalue weighted by Crippen LogP contribution is -2.42. The maximum absolute atomic E-state index is 5.32. The Hall–Kier alpha value is -0.470. The molecule has 1 fully saturated rings. The van der Waals surface area contributed by atoms with Crippen molar-refractivity contribution >= 4 is 12.6 Å². The van der Waals surface area contributed by atoms with E-state index in [2.05, 4.69) is 46.8 Å². The van der Waals surface area contributed by atoms with Gasteiger partial charge in [-0.05, 0) is 41.5 Å². The van der Waals surface area contributed by atoms with Crippen molar-refractivity contribution in [2.45, 2.75) is 44.8 Å². The molecule has 0 aliphatic carbocycles. The predicted octanol–water partition coefficient (Wildman–Crippen LogP) is 3.76. The summed E-state index contributed by atoms with van der Waals surface area (Å²) < 4.78 is 5.26. The standard InChI is InChI=1S/C15H22OS/c1-10-6-12(14(3,4)5)7-11(2)13(10)15(17)8-16-9-15/h6-7,17H,8-9H2,1-5H3. The predicted molar refractivity (Wildman–Crippen MR) is 76.1 cm³/mol. The van der Waals surface area contributed by atoms with Crippen molar-refractivity contribution in [1.82, 2.24) is 0 Å². The highest BCUT2D eigenvalue weighted by molar-refractivity contribution is 7.81. The summed E-state index contributed by atoms with van der Waals surface area (Å²) in [5, 5.41) is 0. The third-order valence-corrected chi connectivity index (χ3v) is 4.03. The lowest BCUT2D eigenvalue weighted by Gasteiger charge is -2.40. The van der Waals surface area contributed by atoms with Gasteiger partial charge in [0.2, 0.25) is 0 Å². The molecule has 1 aromatic carbocycles. The van der Waals surface area contributed by atoms with E-state index in [1.807, 2.05) is 0 Å². The second kappa shape index (κ2) is 4.03. The average molecular weight is 250 g/mol. The van der Waals surface area contributed by atoms with E-state index in [1.165, 1.54) is 22.3 Å². The van der Waals surface area contributed by atoms with E-state index >= 15 is 0 Å². The van der Waals surface area contributed by atoms with Crippen molar-refractivity contribution in [3.05, 3.63) is 34.4 Å². The van der Waals surface area contributed by atoms with Crippen LogP contribution in [0.1, 0.15) is 43.0 Å². The minimum Gasteiger partial charge on any atom is -0.378 e. The Kier molecular flexibility index (Phi) is 3.07. The summed E-state index contributed by atoms with van der Waals surface area (Å²) in [7, 11) is 0. The largest absolute Gasteiger partial charge is 0.378 e. The van der Waals surface area contributed by atoms with Gasteiger partial charge in [0.15, 0.2) is 0 Å². The second-order valence-corrected chi connectivity index (χ2v) is 7.12. The highest BCUT2D eigenvalue weighted by Crippen LogP contribution is 2.41. The third-order valence-electron chi connectivity index (χ3n) is 3.55. The van der Waals surface area contributed by atoms with Crippen molar-refractivity contribution in [1.29, 1.82) is 0 Å². The molecule has 0 aromatic heterocycles. The minimum atomic E-state index is -0.0649. The van der Waals surface area contributed by atoms with Gasteiger partial charge < -0.3 is 4.74 Å². The molecular formula is C15H22OS. The lowest BCUT2D eigenvalue weighted by atomic mass is 9.80. The lowest BCUT2D eigenvalue weighted by molar-refractivity contribution is -0.0102. The maximum Gasteiger partial charge on any atom is 0.0849 e. The van der Waals surface area contributed by atoms with Gasteiger partial charge in [-0.3, -0.25) is 0 Å². The molecule has 0 spiro atoms. The fourth-order valence-electron chi connectivity index (χ4n) is 2.57. The fourth-order valence-corrected chi connectivity index (χ4v) is 3.11. The van der Waals surface area contributed by atoms with Crippen LogP contribution in [0.3, 0.4) is 0 Å². The van der Waals surface area contributed by atoms with Crippen LogP contribution in [0.25, 0.3) is 0 Å². The van der Waals surface area contributed by atoms with Crippen LogP contribution in [0.4, 0.5) is 0 Å². The highest BCUT2D eigenvalue weighted by Gasteiger charge is 2.39. The van der Waals surface area contributed by atoms with Crippen LogP contribution in [0.15, 0.2) is 12.1 Å². The number of thiol groups is 1. The average Bonchev–Trinajstić information content (AvgIpc) is 2.12. The SMILES string of the molecule is Cc1cc(C(C)(C)C)cc(C)c1C1(S)COC1.